The largest absolute Gasteiger partial charge is 0.359 e. The van der Waals surface area contributed by atoms with Gasteiger partial charge in [0.25, 0.3) is 0 Å². The molecule has 1 heterocycles. The Morgan fingerprint density at radius 2 is 2.06 bits per heavy atom. The van der Waals surface area contributed by atoms with Crippen LogP contribution < -0.4 is 4.90 Å². The molecule has 16 heavy (non-hydrogen) atoms. The van der Waals surface area contributed by atoms with Gasteiger partial charge in [0, 0.05) is 13.6 Å². The van der Waals surface area contributed by atoms with Crippen molar-refractivity contribution in [1.29, 1.82) is 0 Å². The van der Waals surface area contributed by atoms with Crippen LogP contribution in [-0.2, 0) is 0 Å². The molecule has 0 atom stereocenters. The van der Waals surface area contributed by atoms with Gasteiger partial charge in [-0.1, -0.05) is 36.9 Å². The zero-order valence-electron chi connectivity index (χ0n) is 9.82. The highest BCUT2D eigenvalue weighted by atomic mass is 35.5. The van der Waals surface area contributed by atoms with Gasteiger partial charge in [-0.3, -0.25) is 0 Å². The first-order chi connectivity index (χ1) is 7.75. The van der Waals surface area contributed by atoms with Crippen molar-refractivity contribution >= 4 is 17.4 Å². The van der Waals surface area contributed by atoms with E-state index in [-0.39, 0.29) is 0 Å². The van der Waals surface area contributed by atoms with Crippen LogP contribution in [0.3, 0.4) is 0 Å². The van der Waals surface area contributed by atoms with Crippen molar-refractivity contribution in [3.8, 4) is 0 Å². The zero-order valence-corrected chi connectivity index (χ0v) is 10.6. The van der Waals surface area contributed by atoms with Crippen molar-refractivity contribution < 1.29 is 0 Å². The van der Waals surface area contributed by atoms with Crippen LogP contribution >= 0.6 is 11.6 Å². The molecule has 88 valence electrons. The number of halogens is 1. The van der Waals surface area contributed by atoms with E-state index in [9.17, 15) is 0 Å². The lowest BCUT2D eigenvalue weighted by Gasteiger charge is -2.27. The molecule has 0 aliphatic heterocycles. The van der Waals surface area contributed by atoms with Crippen LogP contribution in [0.15, 0.2) is 18.2 Å². The fraction of sp³-hybridized carbons (Fsp3) is 0.615. The summed E-state index contributed by atoms with van der Waals surface area (Å²) in [6.07, 6.45) is 6.93. The summed E-state index contributed by atoms with van der Waals surface area (Å²) in [5, 5.41) is 0.577. The number of aromatic nitrogens is 1. The summed E-state index contributed by atoms with van der Waals surface area (Å²) in [4.78, 5) is 6.55. The number of pyridine rings is 1. The van der Waals surface area contributed by atoms with E-state index in [0.29, 0.717) is 5.15 Å². The number of hydrogen-bond donors (Lipinski definition) is 0. The van der Waals surface area contributed by atoms with Crippen LogP contribution in [0.2, 0.25) is 5.15 Å². The van der Waals surface area contributed by atoms with E-state index in [1.165, 1.54) is 32.1 Å². The Balaban J connectivity index is 1.94. The van der Waals surface area contributed by atoms with E-state index >= 15 is 0 Å². The lowest BCUT2D eigenvalue weighted by atomic mass is 9.89. The van der Waals surface area contributed by atoms with Gasteiger partial charge in [-0.05, 0) is 30.9 Å². The summed E-state index contributed by atoms with van der Waals surface area (Å²) in [5.41, 5.74) is 0. The van der Waals surface area contributed by atoms with Crippen LogP contribution in [0, 0.1) is 5.92 Å². The molecule has 0 amide bonds. The highest BCUT2D eigenvalue weighted by molar-refractivity contribution is 6.29. The summed E-state index contributed by atoms with van der Waals surface area (Å²) in [6, 6.07) is 5.80. The molecule has 0 radical (unpaired) electrons. The molecule has 1 aromatic rings. The Bertz CT molecular complexity index is 334. The van der Waals surface area contributed by atoms with Crippen molar-refractivity contribution in [3.05, 3.63) is 23.4 Å². The van der Waals surface area contributed by atoms with E-state index in [1.807, 2.05) is 18.2 Å². The average Bonchev–Trinajstić information content (AvgIpc) is 2.30. The monoisotopic (exact) mass is 238 g/mol. The van der Waals surface area contributed by atoms with Gasteiger partial charge >= 0.3 is 0 Å². The molecule has 3 heteroatoms. The lowest BCUT2D eigenvalue weighted by molar-refractivity contribution is 0.361. The van der Waals surface area contributed by atoms with Gasteiger partial charge in [0.1, 0.15) is 11.0 Å². The molecule has 1 fully saturated rings. The van der Waals surface area contributed by atoms with Crippen LogP contribution in [0.1, 0.15) is 32.1 Å². The Morgan fingerprint density at radius 1 is 1.31 bits per heavy atom. The van der Waals surface area contributed by atoms with Gasteiger partial charge in [-0.15, -0.1) is 0 Å². The molecular weight excluding hydrogens is 220 g/mol. The average molecular weight is 239 g/mol. The molecule has 0 unspecified atom stereocenters. The van der Waals surface area contributed by atoms with Crippen molar-refractivity contribution in [3.63, 3.8) is 0 Å². The van der Waals surface area contributed by atoms with Crippen LogP contribution in [0.4, 0.5) is 5.82 Å². The van der Waals surface area contributed by atoms with Gasteiger partial charge < -0.3 is 4.90 Å². The maximum atomic E-state index is 5.89. The smallest absolute Gasteiger partial charge is 0.131 e. The Hall–Kier alpha value is -0.760. The molecule has 0 bridgehead atoms. The summed E-state index contributed by atoms with van der Waals surface area (Å²) in [5.74, 6) is 1.82. The fourth-order valence-corrected chi connectivity index (χ4v) is 2.62. The Labute approximate surface area is 103 Å². The molecule has 2 rings (SSSR count). The summed E-state index contributed by atoms with van der Waals surface area (Å²) in [7, 11) is 2.10. The quantitative estimate of drug-likeness (QED) is 0.746. The first-order valence-electron chi connectivity index (χ1n) is 6.09. The second-order valence-corrected chi connectivity index (χ2v) is 5.09. The molecule has 2 nitrogen and oxygen atoms in total. The van der Waals surface area contributed by atoms with Crippen molar-refractivity contribution in [2.45, 2.75) is 32.1 Å². The van der Waals surface area contributed by atoms with Gasteiger partial charge in [0.05, 0.1) is 0 Å². The first-order valence-corrected chi connectivity index (χ1v) is 6.47. The fourth-order valence-electron chi connectivity index (χ4n) is 2.46. The summed E-state index contributed by atoms with van der Waals surface area (Å²) < 4.78 is 0. The molecule has 0 saturated heterocycles. The predicted molar refractivity (Wildman–Crippen MR) is 69.1 cm³/mol. The third-order valence-electron chi connectivity index (χ3n) is 3.35. The standard InChI is InChI=1S/C13H19ClN2/c1-16(10-11-6-3-2-4-7-11)13-9-5-8-12(14)15-13/h5,8-9,11H,2-4,6-7,10H2,1H3. The topological polar surface area (TPSA) is 16.1 Å². The number of rotatable bonds is 3. The molecule has 0 spiro atoms. The molecule has 0 N–H and O–H groups in total. The second kappa shape index (κ2) is 5.53. The van der Waals surface area contributed by atoms with Crippen molar-refractivity contribution in [1.82, 2.24) is 4.98 Å². The Morgan fingerprint density at radius 3 is 2.75 bits per heavy atom. The second-order valence-electron chi connectivity index (χ2n) is 4.70. The minimum atomic E-state index is 0.577. The summed E-state index contributed by atoms with van der Waals surface area (Å²) in [6.45, 7) is 1.10. The number of anilines is 1. The molecular formula is C13H19ClN2. The van der Waals surface area contributed by atoms with E-state index in [2.05, 4.69) is 16.9 Å². The minimum Gasteiger partial charge on any atom is -0.359 e. The maximum absolute atomic E-state index is 5.89. The molecule has 1 aromatic heterocycles. The highest BCUT2D eigenvalue weighted by Gasteiger charge is 2.16. The SMILES string of the molecule is CN(CC1CCCCC1)c1cccc(Cl)n1. The van der Waals surface area contributed by atoms with E-state index in [0.717, 1.165) is 18.3 Å². The van der Waals surface area contributed by atoms with E-state index in [4.69, 9.17) is 11.6 Å². The van der Waals surface area contributed by atoms with Gasteiger partial charge in [-0.2, -0.15) is 0 Å². The molecule has 1 aliphatic rings. The van der Waals surface area contributed by atoms with Crippen LogP contribution in [0.5, 0.6) is 0 Å². The molecule has 0 aromatic carbocycles. The lowest BCUT2D eigenvalue weighted by Crippen LogP contribution is -2.27. The van der Waals surface area contributed by atoms with Gasteiger partial charge in [0.2, 0.25) is 0 Å². The minimum absolute atomic E-state index is 0.577. The number of hydrogen-bond acceptors (Lipinski definition) is 2. The third kappa shape index (κ3) is 3.11. The first kappa shape index (κ1) is 11.7. The Kier molecular flexibility index (Phi) is 4.05. The molecule has 1 aliphatic carbocycles. The van der Waals surface area contributed by atoms with Gasteiger partial charge in [-0.25, -0.2) is 4.98 Å². The highest BCUT2D eigenvalue weighted by Crippen LogP contribution is 2.25. The van der Waals surface area contributed by atoms with E-state index in [1.54, 1.807) is 0 Å². The normalized spacial score (nSPS) is 17.4. The van der Waals surface area contributed by atoms with Gasteiger partial charge in [0.15, 0.2) is 0 Å². The molecule has 1 saturated carbocycles. The predicted octanol–water partition coefficient (Wildman–Crippen LogP) is 3.75. The zero-order chi connectivity index (χ0) is 11.4. The maximum Gasteiger partial charge on any atom is 0.131 e. The van der Waals surface area contributed by atoms with Crippen molar-refractivity contribution in [2.75, 3.05) is 18.5 Å². The number of nitrogens with zero attached hydrogens (tertiary/aromatic N) is 2. The van der Waals surface area contributed by atoms with Crippen LogP contribution in [-0.4, -0.2) is 18.6 Å². The van der Waals surface area contributed by atoms with E-state index < -0.39 is 0 Å². The van der Waals surface area contributed by atoms with Crippen LogP contribution in [0.25, 0.3) is 0 Å². The third-order valence-corrected chi connectivity index (χ3v) is 3.56. The summed E-state index contributed by atoms with van der Waals surface area (Å²) >= 11 is 5.89. The van der Waals surface area contributed by atoms with Crippen molar-refractivity contribution in [2.24, 2.45) is 5.92 Å².